The Bertz CT molecular complexity index is 815. The normalized spacial score (nSPS) is 15.1. The number of hydrogen-bond acceptors (Lipinski definition) is 3. The van der Waals surface area contributed by atoms with Crippen molar-refractivity contribution in [2.45, 2.75) is 18.6 Å². The van der Waals surface area contributed by atoms with Gasteiger partial charge in [-0.2, -0.15) is 0 Å². The molecule has 3 aromatic rings. The molecule has 2 aromatic carbocycles. The second-order valence-corrected chi connectivity index (χ2v) is 7.77. The molecule has 27 heavy (non-hydrogen) atoms. The molecule has 0 unspecified atom stereocenters. The number of benzene rings is 2. The molecule has 0 spiro atoms. The quantitative estimate of drug-likeness (QED) is 0.637. The number of rotatable bonds is 6. The lowest BCUT2D eigenvalue weighted by atomic mass is 9.93. The van der Waals surface area contributed by atoms with Gasteiger partial charge in [0.15, 0.2) is 0 Å². The van der Waals surface area contributed by atoms with Crippen molar-refractivity contribution in [2.75, 3.05) is 13.1 Å². The highest BCUT2D eigenvalue weighted by Gasteiger charge is 2.33. The van der Waals surface area contributed by atoms with Gasteiger partial charge in [-0.1, -0.05) is 47.5 Å². The molecule has 1 fully saturated rings. The van der Waals surface area contributed by atoms with Crippen LogP contribution in [0.1, 0.15) is 22.7 Å². The summed E-state index contributed by atoms with van der Waals surface area (Å²) in [5.74, 6) is 0. The Morgan fingerprint density at radius 3 is 1.89 bits per heavy atom. The van der Waals surface area contributed by atoms with Crippen molar-refractivity contribution in [2.24, 2.45) is 0 Å². The molecule has 5 heteroatoms. The summed E-state index contributed by atoms with van der Waals surface area (Å²) >= 11 is 12.2. The lowest BCUT2D eigenvalue weighted by Gasteiger charge is -2.45. The van der Waals surface area contributed by atoms with Crippen molar-refractivity contribution in [3.63, 3.8) is 0 Å². The van der Waals surface area contributed by atoms with Crippen LogP contribution in [0, 0.1) is 0 Å². The van der Waals surface area contributed by atoms with Gasteiger partial charge in [0, 0.05) is 48.1 Å². The van der Waals surface area contributed by atoms with Gasteiger partial charge in [-0.05, 0) is 53.1 Å². The summed E-state index contributed by atoms with van der Waals surface area (Å²) in [6, 6.07) is 21.1. The van der Waals surface area contributed by atoms with E-state index in [4.69, 9.17) is 23.2 Å². The van der Waals surface area contributed by atoms with Gasteiger partial charge in [-0.15, -0.1) is 0 Å². The van der Waals surface area contributed by atoms with Crippen LogP contribution in [0.2, 0.25) is 10.0 Å². The van der Waals surface area contributed by atoms with Gasteiger partial charge in [-0.3, -0.25) is 9.88 Å². The van der Waals surface area contributed by atoms with Gasteiger partial charge in [0.2, 0.25) is 0 Å². The Hall–Kier alpha value is -1.91. The fourth-order valence-electron chi connectivity index (χ4n) is 3.52. The third-order valence-corrected chi connectivity index (χ3v) is 5.49. The average Bonchev–Trinajstić information content (AvgIpc) is 2.66. The Morgan fingerprint density at radius 1 is 0.852 bits per heavy atom. The Kier molecular flexibility index (Phi) is 5.74. The van der Waals surface area contributed by atoms with Crippen molar-refractivity contribution in [3.8, 4) is 0 Å². The predicted octanol–water partition coefficient (Wildman–Crippen LogP) is 4.95. The van der Waals surface area contributed by atoms with Crippen LogP contribution < -0.4 is 5.32 Å². The summed E-state index contributed by atoms with van der Waals surface area (Å²) in [5, 5.41) is 5.15. The molecular weight excluding hydrogens is 377 g/mol. The van der Waals surface area contributed by atoms with E-state index in [0.717, 1.165) is 29.7 Å². The summed E-state index contributed by atoms with van der Waals surface area (Å²) < 4.78 is 0. The van der Waals surface area contributed by atoms with Crippen LogP contribution >= 0.6 is 23.2 Å². The molecule has 1 aromatic heterocycles. The maximum Gasteiger partial charge on any atom is 0.0602 e. The van der Waals surface area contributed by atoms with E-state index in [-0.39, 0.29) is 6.04 Å². The molecule has 0 bridgehead atoms. The predicted molar refractivity (Wildman–Crippen MR) is 111 cm³/mol. The van der Waals surface area contributed by atoms with Crippen molar-refractivity contribution in [3.05, 3.63) is 99.8 Å². The second-order valence-electron chi connectivity index (χ2n) is 6.89. The van der Waals surface area contributed by atoms with Crippen LogP contribution in [0.4, 0.5) is 0 Å². The minimum Gasteiger partial charge on any atom is -0.307 e. The molecular formula is C22H21Cl2N3. The first-order valence-corrected chi connectivity index (χ1v) is 9.82. The number of hydrogen-bond donors (Lipinski definition) is 1. The number of nitrogens with one attached hydrogen (secondary N) is 1. The molecule has 3 nitrogen and oxygen atoms in total. The number of halogens is 2. The maximum atomic E-state index is 6.09. The van der Waals surface area contributed by atoms with Crippen LogP contribution in [0.5, 0.6) is 0 Å². The highest BCUT2D eigenvalue weighted by atomic mass is 35.5. The van der Waals surface area contributed by atoms with Gasteiger partial charge >= 0.3 is 0 Å². The molecule has 2 heterocycles. The van der Waals surface area contributed by atoms with Crippen LogP contribution in [0.15, 0.2) is 73.1 Å². The Balaban J connectivity index is 1.45. The first-order chi connectivity index (χ1) is 13.2. The number of pyridine rings is 1. The summed E-state index contributed by atoms with van der Waals surface area (Å²) in [6.45, 7) is 2.87. The lowest BCUT2D eigenvalue weighted by Crippen LogP contribution is -2.58. The molecule has 1 aliphatic heterocycles. The number of nitrogens with zero attached hydrogens (tertiary/aromatic N) is 2. The summed E-state index contributed by atoms with van der Waals surface area (Å²) in [5.41, 5.74) is 3.75. The fourth-order valence-corrected chi connectivity index (χ4v) is 3.77. The van der Waals surface area contributed by atoms with Crippen molar-refractivity contribution < 1.29 is 0 Å². The SMILES string of the molecule is Clc1ccc(C(c2ccc(Cl)cc2)N2CC(NCc3ccncc3)C2)cc1. The van der Waals surface area contributed by atoms with Crippen molar-refractivity contribution >= 4 is 23.2 Å². The zero-order valence-corrected chi connectivity index (χ0v) is 16.4. The summed E-state index contributed by atoms with van der Waals surface area (Å²) in [4.78, 5) is 6.55. The first kappa shape index (κ1) is 18.5. The molecule has 0 amide bonds. The minimum absolute atomic E-state index is 0.207. The highest BCUT2D eigenvalue weighted by molar-refractivity contribution is 6.30. The molecule has 0 aliphatic carbocycles. The monoisotopic (exact) mass is 397 g/mol. The molecule has 1 N–H and O–H groups in total. The maximum absolute atomic E-state index is 6.09. The van der Waals surface area contributed by atoms with E-state index >= 15 is 0 Å². The number of aromatic nitrogens is 1. The van der Waals surface area contributed by atoms with Gasteiger partial charge in [0.05, 0.1) is 6.04 Å². The van der Waals surface area contributed by atoms with Crippen LogP contribution in [0.3, 0.4) is 0 Å². The van der Waals surface area contributed by atoms with Crippen LogP contribution in [-0.2, 0) is 6.54 Å². The van der Waals surface area contributed by atoms with E-state index in [1.807, 2.05) is 48.8 Å². The molecule has 0 radical (unpaired) electrons. The number of likely N-dealkylation sites (tertiary alicyclic amines) is 1. The third-order valence-electron chi connectivity index (χ3n) is 4.99. The van der Waals surface area contributed by atoms with E-state index in [2.05, 4.69) is 39.5 Å². The summed E-state index contributed by atoms with van der Waals surface area (Å²) in [7, 11) is 0. The van der Waals surface area contributed by atoms with Gasteiger partial charge in [0.25, 0.3) is 0 Å². The lowest BCUT2D eigenvalue weighted by molar-refractivity contribution is 0.0922. The molecule has 1 saturated heterocycles. The Morgan fingerprint density at radius 2 is 1.37 bits per heavy atom. The van der Waals surface area contributed by atoms with E-state index in [1.165, 1.54) is 16.7 Å². The third kappa shape index (κ3) is 4.50. The minimum atomic E-state index is 0.207. The summed E-state index contributed by atoms with van der Waals surface area (Å²) in [6.07, 6.45) is 3.67. The first-order valence-electron chi connectivity index (χ1n) is 9.06. The topological polar surface area (TPSA) is 28.2 Å². The van der Waals surface area contributed by atoms with Gasteiger partial charge in [0.1, 0.15) is 0 Å². The molecule has 4 rings (SSSR count). The zero-order valence-electron chi connectivity index (χ0n) is 14.9. The smallest absolute Gasteiger partial charge is 0.0602 e. The zero-order chi connectivity index (χ0) is 18.6. The van der Waals surface area contributed by atoms with Gasteiger partial charge in [-0.25, -0.2) is 0 Å². The standard InChI is InChI=1S/C22H21Cl2N3/c23-19-5-1-17(2-6-19)22(18-3-7-20(24)8-4-18)27-14-21(15-27)26-13-16-9-11-25-12-10-16/h1-12,21-22,26H,13-15H2. The average molecular weight is 398 g/mol. The van der Waals surface area contributed by atoms with Gasteiger partial charge < -0.3 is 5.32 Å². The van der Waals surface area contributed by atoms with Crippen molar-refractivity contribution in [1.82, 2.24) is 15.2 Å². The highest BCUT2D eigenvalue weighted by Crippen LogP contribution is 2.33. The fraction of sp³-hybridized carbons (Fsp3) is 0.227. The van der Waals surface area contributed by atoms with E-state index in [1.54, 1.807) is 0 Å². The van der Waals surface area contributed by atoms with Crippen LogP contribution in [0.25, 0.3) is 0 Å². The molecule has 1 aliphatic rings. The molecule has 0 atom stereocenters. The largest absolute Gasteiger partial charge is 0.307 e. The molecule has 138 valence electrons. The van der Waals surface area contributed by atoms with E-state index in [0.29, 0.717) is 6.04 Å². The van der Waals surface area contributed by atoms with E-state index in [9.17, 15) is 0 Å². The van der Waals surface area contributed by atoms with Crippen molar-refractivity contribution in [1.29, 1.82) is 0 Å². The molecule has 0 saturated carbocycles. The second kappa shape index (κ2) is 8.41. The van der Waals surface area contributed by atoms with E-state index < -0.39 is 0 Å². The van der Waals surface area contributed by atoms with Crippen LogP contribution in [-0.4, -0.2) is 29.0 Å². The Labute approximate surface area is 170 Å².